The number of nitrogens with zero attached hydrogens (tertiary/aromatic N) is 1. The van der Waals surface area contributed by atoms with Gasteiger partial charge in [0.2, 0.25) is 0 Å². The molecule has 0 radical (unpaired) electrons. The van der Waals surface area contributed by atoms with Crippen molar-refractivity contribution in [3.63, 3.8) is 0 Å². The predicted molar refractivity (Wildman–Crippen MR) is 116 cm³/mol. The second kappa shape index (κ2) is 9.27. The summed E-state index contributed by atoms with van der Waals surface area (Å²) >= 11 is 0. The number of benzene rings is 1. The second-order valence-corrected chi connectivity index (χ2v) is 10.2. The van der Waals surface area contributed by atoms with E-state index in [0.717, 1.165) is 27.2 Å². The number of hydroxylamine groups is 1. The molecule has 5 heteroatoms. The van der Waals surface area contributed by atoms with Crippen LogP contribution in [0.3, 0.4) is 0 Å². The predicted octanol–water partition coefficient (Wildman–Crippen LogP) is 5.01. The van der Waals surface area contributed by atoms with Gasteiger partial charge in [-0.05, 0) is 23.0 Å². The van der Waals surface area contributed by atoms with E-state index in [1.165, 1.54) is 0 Å². The van der Waals surface area contributed by atoms with Crippen molar-refractivity contribution < 1.29 is 18.9 Å². The lowest BCUT2D eigenvalue weighted by Crippen LogP contribution is -2.29. The molecule has 0 N–H and O–H groups in total. The number of methoxy groups -OCH3 is 1. The fourth-order valence-corrected chi connectivity index (χ4v) is 2.63. The van der Waals surface area contributed by atoms with Gasteiger partial charge in [0, 0.05) is 44.6 Å². The fraction of sp³-hybridized carbons (Fsp3) is 0.696. The van der Waals surface area contributed by atoms with Gasteiger partial charge in [-0.15, -0.1) is 0 Å². The average molecular weight is 394 g/mol. The van der Waals surface area contributed by atoms with E-state index in [1.807, 2.05) is 20.8 Å². The van der Waals surface area contributed by atoms with E-state index in [4.69, 9.17) is 14.2 Å². The van der Waals surface area contributed by atoms with Crippen LogP contribution in [0.2, 0.25) is 0 Å². The van der Waals surface area contributed by atoms with E-state index in [-0.39, 0.29) is 17.6 Å². The molecule has 0 bridgehead atoms. The minimum atomic E-state index is -0.492. The molecule has 0 saturated heterocycles. The van der Waals surface area contributed by atoms with Gasteiger partial charge in [-0.25, -0.2) is 4.74 Å². The third-order valence-electron chi connectivity index (χ3n) is 4.37. The molecule has 0 amide bonds. The third kappa shape index (κ3) is 7.10. The highest BCUT2D eigenvalue weighted by atomic mass is 16.7. The van der Waals surface area contributed by atoms with E-state index in [1.54, 1.807) is 13.3 Å². The maximum atomic E-state index is 12.5. The average Bonchev–Trinajstić information content (AvgIpc) is 2.52. The summed E-state index contributed by atoms with van der Waals surface area (Å²) in [7, 11) is 1.64. The van der Waals surface area contributed by atoms with E-state index in [9.17, 15) is 5.21 Å². The van der Waals surface area contributed by atoms with Crippen molar-refractivity contribution in [2.75, 3.05) is 27.1 Å². The Kier molecular flexibility index (Phi) is 8.10. The molecule has 0 saturated carbocycles. The van der Waals surface area contributed by atoms with Crippen LogP contribution in [0.1, 0.15) is 79.0 Å². The van der Waals surface area contributed by atoms with Crippen LogP contribution in [0.15, 0.2) is 12.1 Å². The molecule has 0 aliphatic rings. The summed E-state index contributed by atoms with van der Waals surface area (Å²) in [6, 6.07) is 4.10. The Bertz CT molecular complexity index is 638. The van der Waals surface area contributed by atoms with Gasteiger partial charge in [0.1, 0.15) is 5.75 Å². The molecule has 0 spiro atoms. The van der Waals surface area contributed by atoms with E-state index < -0.39 is 5.54 Å². The van der Waals surface area contributed by atoms with E-state index in [2.05, 4.69) is 53.7 Å². The van der Waals surface area contributed by atoms with Gasteiger partial charge in [0.05, 0.1) is 13.2 Å². The Morgan fingerprint density at radius 3 is 1.79 bits per heavy atom. The van der Waals surface area contributed by atoms with Crippen LogP contribution in [0.25, 0.3) is 0 Å². The number of hydrogen-bond acceptors (Lipinski definition) is 4. The molecule has 0 aliphatic heterocycles. The highest BCUT2D eigenvalue weighted by Gasteiger charge is 2.29. The quantitative estimate of drug-likeness (QED) is 0.163. The molecule has 0 fully saturated rings. The van der Waals surface area contributed by atoms with E-state index >= 15 is 0 Å². The van der Waals surface area contributed by atoms with Crippen molar-refractivity contribution in [3.05, 3.63) is 34.0 Å². The minimum absolute atomic E-state index is 0.152. The summed E-state index contributed by atoms with van der Waals surface area (Å²) in [4.78, 5) is 0. The Balaban J connectivity index is 3.47. The number of rotatable bonds is 7. The van der Waals surface area contributed by atoms with E-state index in [0.29, 0.717) is 13.2 Å². The van der Waals surface area contributed by atoms with Gasteiger partial charge >= 0.3 is 0 Å². The lowest BCUT2D eigenvalue weighted by molar-refractivity contribution is -0.530. The molecule has 28 heavy (non-hydrogen) atoms. The summed E-state index contributed by atoms with van der Waals surface area (Å²) in [6.07, 6.45) is 1.67. The van der Waals surface area contributed by atoms with Crippen LogP contribution in [0.4, 0.5) is 0 Å². The van der Waals surface area contributed by atoms with Gasteiger partial charge in [0.15, 0.2) is 18.5 Å². The Labute approximate surface area is 171 Å². The normalized spacial score (nSPS) is 13.7. The Morgan fingerprint density at radius 2 is 1.39 bits per heavy atom. The van der Waals surface area contributed by atoms with Crippen LogP contribution >= 0.6 is 0 Å². The van der Waals surface area contributed by atoms with Crippen molar-refractivity contribution in [2.24, 2.45) is 0 Å². The van der Waals surface area contributed by atoms with Gasteiger partial charge in [-0.2, -0.15) is 0 Å². The first-order chi connectivity index (χ1) is 12.7. The van der Waals surface area contributed by atoms with Crippen LogP contribution in [-0.2, 0) is 20.3 Å². The van der Waals surface area contributed by atoms with Crippen LogP contribution in [0, 0.1) is 5.21 Å². The zero-order valence-electron chi connectivity index (χ0n) is 19.4. The Morgan fingerprint density at radius 1 is 0.893 bits per heavy atom. The van der Waals surface area contributed by atoms with Crippen molar-refractivity contribution in [3.8, 4) is 5.75 Å². The standard InChI is InChI=1S/C23H39NO4/c1-21(2,3)18-13-17(15-24(25)23(7,8)9)14-19(22(4,5)6)20(18)28-16-27-12-11-26-10/h13-15H,11-12,16H2,1-10H3. The van der Waals surface area contributed by atoms with Crippen LogP contribution in [-0.4, -0.2) is 43.6 Å². The summed E-state index contributed by atoms with van der Waals surface area (Å²) in [6.45, 7) is 19.8. The van der Waals surface area contributed by atoms with Crippen molar-refractivity contribution in [2.45, 2.75) is 78.7 Å². The molecule has 160 valence electrons. The molecule has 5 nitrogen and oxygen atoms in total. The molecule has 0 aromatic heterocycles. The van der Waals surface area contributed by atoms with Gasteiger partial charge < -0.3 is 19.4 Å². The molecule has 0 heterocycles. The molecular weight excluding hydrogens is 354 g/mol. The molecule has 0 atom stereocenters. The third-order valence-corrected chi connectivity index (χ3v) is 4.37. The lowest BCUT2D eigenvalue weighted by atomic mass is 9.78. The highest BCUT2D eigenvalue weighted by molar-refractivity contribution is 5.78. The maximum Gasteiger partial charge on any atom is 0.189 e. The summed E-state index contributed by atoms with van der Waals surface area (Å²) in [5.41, 5.74) is 2.20. The largest absolute Gasteiger partial charge is 0.623 e. The van der Waals surface area contributed by atoms with Gasteiger partial charge in [-0.1, -0.05) is 41.5 Å². The van der Waals surface area contributed by atoms with Crippen molar-refractivity contribution in [1.29, 1.82) is 0 Å². The molecule has 0 aliphatic carbocycles. The molecule has 1 aromatic carbocycles. The maximum absolute atomic E-state index is 12.5. The molecule has 1 aromatic rings. The molecular formula is C23H39NO4. The van der Waals surface area contributed by atoms with Crippen molar-refractivity contribution >= 4 is 6.21 Å². The summed E-state index contributed by atoms with van der Waals surface area (Å²) in [5.74, 6) is 0.836. The SMILES string of the molecule is COCCOCOc1c(C(C)(C)C)cc(C=[N+]([O-])C(C)(C)C)cc1C(C)(C)C. The van der Waals surface area contributed by atoms with Gasteiger partial charge in [0.25, 0.3) is 0 Å². The molecule has 0 unspecified atom stereocenters. The summed E-state index contributed by atoms with van der Waals surface area (Å²) in [5, 5.41) is 12.5. The lowest BCUT2D eigenvalue weighted by Gasteiger charge is -2.30. The van der Waals surface area contributed by atoms with Crippen LogP contribution < -0.4 is 4.74 Å². The second-order valence-electron chi connectivity index (χ2n) is 10.2. The smallest absolute Gasteiger partial charge is 0.189 e. The monoisotopic (exact) mass is 393 g/mol. The zero-order chi connectivity index (χ0) is 21.8. The fourth-order valence-electron chi connectivity index (χ4n) is 2.63. The first-order valence-corrected chi connectivity index (χ1v) is 9.87. The first-order valence-electron chi connectivity index (χ1n) is 9.87. The summed E-state index contributed by atoms with van der Waals surface area (Å²) < 4.78 is 17.7. The Hall–Kier alpha value is -1.59. The minimum Gasteiger partial charge on any atom is -0.623 e. The number of ether oxygens (including phenoxy) is 3. The molecule has 1 rings (SSSR count). The van der Waals surface area contributed by atoms with Crippen molar-refractivity contribution in [1.82, 2.24) is 0 Å². The number of hydrogen-bond donors (Lipinski definition) is 0. The topological polar surface area (TPSA) is 53.8 Å². The van der Waals surface area contributed by atoms with Crippen LogP contribution in [0.5, 0.6) is 5.75 Å². The highest BCUT2D eigenvalue weighted by Crippen LogP contribution is 2.40. The first kappa shape index (κ1) is 24.4. The van der Waals surface area contributed by atoms with Gasteiger partial charge in [-0.3, -0.25) is 0 Å². The zero-order valence-corrected chi connectivity index (χ0v) is 19.4.